The molecule has 28 heavy (non-hydrogen) atoms. The Bertz CT molecular complexity index is 927. The summed E-state index contributed by atoms with van der Waals surface area (Å²) in [4.78, 5) is 18.9. The van der Waals surface area contributed by atoms with Gasteiger partial charge in [0.05, 0.1) is 19.7 Å². The average Bonchev–Trinajstić information content (AvgIpc) is 3.13. The number of aromatic nitrogens is 2. The van der Waals surface area contributed by atoms with Gasteiger partial charge in [0.15, 0.2) is 0 Å². The number of nitrogens with zero attached hydrogens (tertiary/aromatic N) is 3. The number of imidazole rings is 1. The van der Waals surface area contributed by atoms with Crippen molar-refractivity contribution in [3.63, 3.8) is 0 Å². The van der Waals surface area contributed by atoms with E-state index < -0.39 is 0 Å². The maximum atomic E-state index is 13.2. The average molecular weight is 402 g/mol. The molecule has 1 amide bonds. The van der Waals surface area contributed by atoms with E-state index in [9.17, 15) is 9.18 Å². The Hall–Kier alpha value is -2.70. The van der Waals surface area contributed by atoms with E-state index in [1.54, 1.807) is 18.2 Å². The van der Waals surface area contributed by atoms with Crippen LogP contribution < -0.4 is 0 Å². The quantitative estimate of drug-likeness (QED) is 0.573. The molecule has 1 aromatic heterocycles. The monoisotopic (exact) mass is 401 g/mol. The molecule has 0 radical (unpaired) electrons. The first-order chi connectivity index (χ1) is 13.6. The molecule has 0 fully saturated rings. The smallest absolute Gasteiger partial charge is 0.254 e. The molecule has 3 aromatic rings. The summed E-state index contributed by atoms with van der Waals surface area (Å²) in [5.74, 6) is 0.145. The first-order valence-corrected chi connectivity index (χ1v) is 9.23. The lowest BCUT2D eigenvalue weighted by Crippen LogP contribution is -2.34. The van der Waals surface area contributed by atoms with Crippen molar-refractivity contribution in [3.05, 3.63) is 88.7 Å². The maximum Gasteiger partial charge on any atom is 0.254 e. The molecule has 7 heteroatoms. The Morgan fingerprint density at radius 3 is 2.68 bits per heavy atom. The Morgan fingerprint density at radius 1 is 1.21 bits per heavy atom. The van der Waals surface area contributed by atoms with Gasteiger partial charge in [0, 0.05) is 36.6 Å². The van der Waals surface area contributed by atoms with E-state index in [2.05, 4.69) is 4.98 Å². The highest BCUT2D eigenvalue weighted by atomic mass is 35.5. The van der Waals surface area contributed by atoms with Crippen LogP contribution in [0.3, 0.4) is 0 Å². The van der Waals surface area contributed by atoms with Crippen LogP contribution >= 0.6 is 11.6 Å². The molecule has 2 aromatic carbocycles. The molecule has 1 heterocycles. The second kappa shape index (κ2) is 9.48. The highest BCUT2D eigenvalue weighted by molar-refractivity contribution is 6.31. The van der Waals surface area contributed by atoms with Gasteiger partial charge in [-0.25, -0.2) is 9.37 Å². The van der Waals surface area contributed by atoms with Crippen LogP contribution in [0.5, 0.6) is 0 Å². The SMILES string of the molecule is COCCN(Cc1nccn1Cc1ccccc1Cl)C(=O)c1ccc(F)cc1. The third kappa shape index (κ3) is 4.97. The number of methoxy groups -OCH3 is 1. The molecular formula is C21H21ClFN3O2. The van der Waals surface area contributed by atoms with Crippen LogP contribution in [0.1, 0.15) is 21.7 Å². The Kier molecular flexibility index (Phi) is 6.79. The highest BCUT2D eigenvalue weighted by Gasteiger charge is 2.18. The number of hydrogen-bond acceptors (Lipinski definition) is 3. The zero-order valence-electron chi connectivity index (χ0n) is 15.5. The van der Waals surface area contributed by atoms with Crippen LogP contribution in [-0.2, 0) is 17.8 Å². The fraction of sp³-hybridized carbons (Fsp3) is 0.238. The van der Waals surface area contributed by atoms with E-state index in [1.165, 1.54) is 24.3 Å². The van der Waals surface area contributed by atoms with Crippen molar-refractivity contribution in [2.45, 2.75) is 13.1 Å². The lowest BCUT2D eigenvalue weighted by atomic mass is 10.2. The van der Waals surface area contributed by atoms with Gasteiger partial charge < -0.3 is 14.2 Å². The molecular weight excluding hydrogens is 381 g/mol. The molecule has 0 spiro atoms. The van der Waals surface area contributed by atoms with Gasteiger partial charge in [0.1, 0.15) is 11.6 Å². The molecule has 0 aliphatic heterocycles. The normalized spacial score (nSPS) is 10.8. The number of amides is 1. The molecule has 3 rings (SSSR count). The lowest BCUT2D eigenvalue weighted by molar-refractivity contribution is 0.0673. The maximum absolute atomic E-state index is 13.2. The molecule has 0 saturated heterocycles. The van der Waals surface area contributed by atoms with E-state index in [4.69, 9.17) is 16.3 Å². The van der Waals surface area contributed by atoms with Gasteiger partial charge in [0.25, 0.3) is 5.91 Å². The summed E-state index contributed by atoms with van der Waals surface area (Å²) in [7, 11) is 1.58. The van der Waals surface area contributed by atoms with Crippen molar-refractivity contribution < 1.29 is 13.9 Å². The van der Waals surface area contributed by atoms with Crippen molar-refractivity contribution in [1.82, 2.24) is 14.5 Å². The Balaban J connectivity index is 1.80. The van der Waals surface area contributed by atoms with E-state index in [1.807, 2.05) is 35.0 Å². The van der Waals surface area contributed by atoms with Gasteiger partial charge >= 0.3 is 0 Å². The number of hydrogen-bond donors (Lipinski definition) is 0. The highest BCUT2D eigenvalue weighted by Crippen LogP contribution is 2.18. The molecule has 0 unspecified atom stereocenters. The predicted molar refractivity (Wildman–Crippen MR) is 106 cm³/mol. The summed E-state index contributed by atoms with van der Waals surface area (Å²) in [6.07, 6.45) is 3.55. The summed E-state index contributed by atoms with van der Waals surface area (Å²) in [6, 6.07) is 13.1. The third-order valence-corrected chi connectivity index (χ3v) is 4.74. The van der Waals surface area contributed by atoms with Crippen LogP contribution in [0.4, 0.5) is 4.39 Å². The standard InChI is InChI=1S/C21H21ClFN3O2/c1-28-13-12-26(21(27)16-6-8-18(23)9-7-16)15-20-24-10-11-25(20)14-17-4-2-3-5-19(17)22/h2-11H,12-15H2,1H3. The first kappa shape index (κ1) is 20.0. The van der Waals surface area contributed by atoms with Crippen molar-refractivity contribution >= 4 is 17.5 Å². The summed E-state index contributed by atoms with van der Waals surface area (Å²) < 4.78 is 20.3. The molecule has 0 saturated carbocycles. The largest absolute Gasteiger partial charge is 0.383 e. The Morgan fingerprint density at radius 2 is 1.96 bits per heavy atom. The van der Waals surface area contributed by atoms with E-state index in [0.29, 0.717) is 36.8 Å². The van der Waals surface area contributed by atoms with Crippen molar-refractivity contribution in [2.75, 3.05) is 20.3 Å². The molecule has 0 aliphatic carbocycles. The topological polar surface area (TPSA) is 47.4 Å². The van der Waals surface area contributed by atoms with Gasteiger partial charge in [-0.05, 0) is 35.9 Å². The van der Waals surface area contributed by atoms with Gasteiger partial charge in [-0.15, -0.1) is 0 Å². The number of benzene rings is 2. The van der Waals surface area contributed by atoms with Crippen LogP contribution in [-0.4, -0.2) is 40.6 Å². The fourth-order valence-electron chi connectivity index (χ4n) is 2.85. The van der Waals surface area contributed by atoms with Crippen molar-refractivity contribution in [1.29, 1.82) is 0 Å². The second-order valence-electron chi connectivity index (χ2n) is 6.29. The minimum absolute atomic E-state index is 0.204. The van der Waals surface area contributed by atoms with Crippen LogP contribution in [0.15, 0.2) is 60.9 Å². The van der Waals surface area contributed by atoms with Gasteiger partial charge in [0.2, 0.25) is 0 Å². The molecule has 5 nitrogen and oxygen atoms in total. The van der Waals surface area contributed by atoms with Gasteiger partial charge in [-0.1, -0.05) is 29.8 Å². The number of ether oxygens (including phenoxy) is 1. The summed E-state index contributed by atoms with van der Waals surface area (Å²) in [5, 5.41) is 0.681. The minimum Gasteiger partial charge on any atom is -0.383 e. The van der Waals surface area contributed by atoms with Gasteiger partial charge in [-0.3, -0.25) is 4.79 Å². The molecule has 146 valence electrons. The third-order valence-electron chi connectivity index (χ3n) is 4.38. The zero-order valence-corrected chi connectivity index (χ0v) is 16.3. The number of carbonyl (C=O) groups is 1. The van der Waals surface area contributed by atoms with Crippen LogP contribution in [0.25, 0.3) is 0 Å². The Labute approximate surface area is 168 Å². The van der Waals surface area contributed by atoms with E-state index >= 15 is 0 Å². The minimum atomic E-state index is -0.379. The van der Waals surface area contributed by atoms with Crippen molar-refractivity contribution in [3.8, 4) is 0 Å². The number of halogens is 2. The van der Waals surface area contributed by atoms with Crippen LogP contribution in [0, 0.1) is 5.82 Å². The molecule has 0 atom stereocenters. The first-order valence-electron chi connectivity index (χ1n) is 8.85. The van der Waals surface area contributed by atoms with Gasteiger partial charge in [-0.2, -0.15) is 0 Å². The summed E-state index contributed by atoms with van der Waals surface area (Å²) in [5.41, 5.74) is 1.39. The zero-order chi connectivity index (χ0) is 19.9. The number of carbonyl (C=O) groups excluding carboxylic acids is 1. The van der Waals surface area contributed by atoms with E-state index in [0.717, 1.165) is 11.4 Å². The second-order valence-corrected chi connectivity index (χ2v) is 6.70. The van der Waals surface area contributed by atoms with E-state index in [-0.39, 0.29) is 11.7 Å². The number of rotatable bonds is 8. The summed E-state index contributed by atoms with van der Waals surface area (Å²) in [6.45, 7) is 1.64. The molecule has 0 aliphatic rings. The van der Waals surface area contributed by atoms with Crippen molar-refractivity contribution in [2.24, 2.45) is 0 Å². The molecule has 0 N–H and O–H groups in total. The summed E-state index contributed by atoms with van der Waals surface area (Å²) >= 11 is 6.27. The fourth-order valence-corrected chi connectivity index (χ4v) is 3.04. The lowest BCUT2D eigenvalue weighted by Gasteiger charge is -2.23. The van der Waals surface area contributed by atoms with Crippen LogP contribution in [0.2, 0.25) is 5.02 Å². The molecule has 0 bridgehead atoms. The predicted octanol–water partition coefficient (Wildman–Crippen LogP) is 4.01.